The van der Waals surface area contributed by atoms with Gasteiger partial charge in [0, 0.05) is 30.9 Å². The smallest absolute Gasteiger partial charge is 0.270 e. The van der Waals surface area contributed by atoms with E-state index >= 15 is 0 Å². The Morgan fingerprint density at radius 1 is 1.11 bits per heavy atom. The second-order valence-electron chi connectivity index (χ2n) is 9.93. The number of aromatic nitrogens is 2. The highest BCUT2D eigenvalue weighted by Gasteiger charge is 2.35. The second kappa shape index (κ2) is 12.0. The van der Waals surface area contributed by atoms with Gasteiger partial charge in [-0.2, -0.15) is 4.31 Å². The lowest BCUT2D eigenvalue weighted by molar-refractivity contribution is -0.125. The quantitative estimate of drug-likeness (QED) is 0.398. The number of hydrogen-bond acceptors (Lipinski definition) is 7. The first kappa shape index (κ1) is 27.6. The molecule has 2 aromatic heterocycles. The van der Waals surface area contributed by atoms with Crippen molar-refractivity contribution >= 4 is 32.6 Å². The predicted octanol–water partition coefficient (Wildman–Crippen LogP) is 2.10. The summed E-state index contributed by atoms with van der Waals surface area (Å²) < 4.78 is 27.2. The van der Waals surface area contributed by atoms with Crippen molar-refractivity contribution in [3.8, 4) is 0 Å². The minimum atomic E-state index is -3.88. The molecule has 3 atom stereocenters. The molecule has 0 aliphatic carbocycles. The molecule has 0 bridgehead atoms. The molecule has 1 saturated heterocycles. The first-order chi connectivity index (χ1) is 18.1. The van der Waals surface area contributed by atoms with Crippen molar-refractivity contribution in [3.05, 3.63) is 66.6 Å². The first-order valence-corrected chi connectivity index (χ1v) is 14.1. The van der Waals surface area contributed by atoms with E-state index in [2.05, 4.69) is 20.6 Å². The summed E-state index contributed by atoms with van der Waals surface area (Å²) in [5.74, 6) is -0.794. The maximum Gasteiger partial charge on any atom is 0.270 e. The fourth-order valence-electron chi connectivity index (χ4n) is 4.55. The van der Waals surface area contributed by atoms with Gasteiger partial charge in [0.2, 0.25) is 5.91 Å². The third-order valence-corrected chi connectivity index (χ3v) is 8.32. The molecule has 0 spiro atoms. The molecule has 38 heavy (non-hydrogen) atoms. The minimum Gasteiger partial charge on any atom is -0.390 e. The molecule has 2 unspecified atom stereocenters. The Morgan fingerprint density at radius 2 is 1.84 bits per heavy atom. The molecule has 0 saturated carbocycles. The number of hydrogen-bond donors (Lipinski definition) is 3. The number of aliphatic hydroxyl groups is 1. The fraction of sp³-hybridized carbons (Fsp3) is 0.407. The van der Waals surface area contributed by atoms with Gasteiger partial charge in [-0.05, 0) is 48.8 Å². The van der Waals surface area contributed by atoms with Gasteiger partial charge in [-0.15, -0.1) is 0 Å². The zero-order chi connectivity index (χ0) is 27.3. The molecule has 1 aliphatic heterocycles. The summed E-state index contributed by atoms with van der Waals surface area (Å²) in [6.45, 7) is 3.91. The number of benzene rings is 1. The molecule has 3 aromatic rings. The normalized spacial score (nSPS) is 19.6. The highest BCUT2D eigenvalue weighted by atomic mass is 32.2. The van der Waals surface area contributed by atoms with E-state index in [0.717, 1.165) is 10.8 Å². The van der Waals surface area contributed by atoms with Crippen molar-refractivity contribution in [2.24, 2.45) is 5.92 Å². The Kier molecular flexibility index (Phi) is 8.70. The Balaban J connectivity index is 1.44. The lowest BCUT2D eigenvalue weighted by atomic mass is 10.0. The number of nitrogens with zero attached hydrogens (tertiary/aromatic N) is 3. The van der Waals surface area contributed by atoms with Crippen LogP contribution in [0.15, 0.2) is 66.0 Å². The Labute approximate surface area is 222 Å². The van der Waals surface area contributed by atoms with Crippen LogP contribution in [-0.2, 0) is 14.8 Å². The first-order valence-electron chi connectivity index (χ1n) is 12.7. The minimum absolute atomic E-state index is 0.0864. The average Bonchev–Trinajstić information content (AvgIpc) is 3.09. The van der Waals surface area contributed by atoms with Crippen LogP contribution in [0, 0.1) is 5.92 Å². The van der Waals surface area contributed by atoms with E-state index in [-0.39, 0.29) is 29.7 Å². The van der Waals surface area contributed by atoms with Crippen LogP contribution in [-0.4, -0.2) is 70.9 Å². The van der Waals surface area contributed by atoms with Crippen molar-refractivity contribution in [2.45, 2.75) is 56.3 Å². The number of rotatable bonds is 8. The Hall–Kier alpha value is -3.41. The molecule has 1 aliphatic rings. The highest BCUT2D eigenvalue weighted by molar-refractivity contribution is 7.89. The molecule has 1 fully saturated rings. The lowest BCUT2D eigenvalue weighted by Gasteiger charge is -2.27. The molecule has 11 heteroatoms. The SMILES string of the molecule is CC(C)C[C@H](NC(=O)c1cc2ccccc2cn1)C(=O)NC1CCCN(S(=O)(=O)c2ccccn2)CC1O. The third-order valence-electron chi connectivity index (χ3n) is 6.54. The van der Waals surface area contributed by atoms with Crippen molar-refractivity contribution in [3.63, 3.8) is 0 Å². The zero-order valence-electron chi connectivity index (χ0n) is 21.4. The van der Waals surface area contributed by atoms with Crippen LogP contribution in [0.5, 0.6) is 0 Å². The van der Waals surface area contributed by atoms with E-state index in [0.29, 0.717) is 19.3 Å². The van der Waals surface area contributed by atoms with Crippen LogP contribution in [0.3, 0.4) is 0 Å². The van der Waals surface area contributed by atoms with Crippen LogP contribution < -0.4 is 10.6 Å². The number of β-amino-alcohol motifs (C(OH)–C–C–N with tert-alkyl or cyclic N) is 1. The van der Waals surface area contributed by atoms with Crippen molar-refractivity contribution in [2.75, 3.05) is 13.1 Å². The van der Waals surface area contributed by atoms with Gasteiger partial charge >= 0.3 is 0 Å². The molecule has 2 amide bonds. The van der Waals surface area contributed by atoms with Gasteiger partial charge in [0.15, 0.2) is 5.03 Å². The molecule has 4 rings (SSSR count). The van der Waals surface area contributed by atoms with Crippen LogP contribution >= 0.6 is 0 Å². The number of aliphatic hydroxyl groups excluding tert-OH is 1. The van der Waals surface area contributed by atoms with Gasteiger partial charge in [0.25, 0.3) is 15.9 Å². The lowest BCUT2D eigenvalue weighted by Crippen LogP contribution is -2.54. The number of nitrogens with one attached hydrogen (secondary N) is 2. The van der Waals surface area contributed by atoms with E-state index in [1.165, 1.54) is 16.6 Å². The molecule has 10 nitrogen and oxygen atoms in total. The number of fused-ring (bicyclic) bond motifs is 1. The summed E-state index contributed by atoms with van der Waals surface area (Å²) >= 11 is 0. The van der Waals surface area contributed by atoms with Crippen LogP contribution in [0.25, 0.3) is 10.8 Å². The Morgan fingerprint density at radius 3 is 2.55 bits per heavy atom. The summed E-state index contributed by atoms with van der Waals surface area (Å²) in [5, 5.41) is 18.2. The van der Waals surface area contributed by atoms with E-state index < -0.39 is 40.0 Å². The predicted molar refractivity (Wildman–Crippen MR) is 143 cm³/mol. The maximum absolute atomic E-state index is 13.3. The molecular formula is C27H33N5O5S. The van der Waals surface area contributed by atoms with E-state index in [1.807, 2.05) is 38.1 Å². The second-order valence-corrected chi connectivity index (χ2v) is 11.8. The standard InChI is InChI=1S/C27H33N5O5S/c1-18(2)14-23(31-26(34)22-15-19-8-3-4-9-20(19)16-29-22)27(35)30-21-10-7-13-32(17-24(21)33)38(36,37)25-11-5-6-12-28-25/h3-6,8-9,11-12,15-16,18,21,23-24,33H,7,10,13-14,17H2,1-2H3,(H,30,35)(H,31,34)/t21?,23-,24?/m0/s1. The average molecular weight is 540 g/mol. The van der Waals surface area contributed by atoms with E-state index in [9.17, 15) is 23.1 Å². The Bertz CT molecular complexity index is 1380. The van der Waals surface area contributed by atoms with Crippen LogP contribution in [0.2, 0.25) is 0 Å². The number of sulfonamides is 1. The number of amides is 2. The highest BCUT2D eigenvalue weighted by Crippen LogP contribution is 2.20. The molecule has 0 radical (unpaired) electrons. The monoisotopic (exact) mass is 539 g/mol. The molecular weight excluding hydrogens is 506 g/mol. The summed E-state index contributed by atoms with van der Waals surface area (Å²) in [6, 6.07) is 12.4. The fourth-order valence-corrected chi connectivity index (χ4v) is 5.98. The van der Waals surface area contributed by atoms with Crippen molar-refractivity contribution in [1.82, 2.24) is 24.9 Å². The van der Waals surface area contributed by atoms with Crippen molar-refractivity contribution < 1.29 is 23.1 Å². The van der Waals surface area contributed by atoms with Crippen LogP contribution in [0.4, 0.5) is 0 Å². The third kappa shape index (κ3) is 6.53. The number of carbonyl (C=O) groups excluding carboxylic acids is 2. The summed E-state index contributed by atoms with van der Waals surface area (Å²) in [5.41, 5.74) is 0.204. The summed E-state index contributed by atoms with van der Waals surface area (Å²) in [4.78, 5) is 34.5. The largest absolute Gasteiger partial charge is 0.390 e. The van der Waals surface area contributed by atoms with Gasteiger partial charge in [0.1, 0.15) is 11.7 Å². The van der Waals surface area contributed by atoms with Gasteiger partial charge in [-0.25, -0.2) is 13.4 Å². The number of pyridine rings is 2. The number of carbonyl (C=O) groups is 2. The molecule has 1 aromatic carbocycles. The van der Waals surface area contributed by atoms with Crippen LogP contribution in [0.1, 0.15) is 43.6 Å². The summed E-state index contributed by atoms with van der Waals surface area (Å²) in [7, 11) is -3.88. The maximum atomic E-state index is 13.3. The van der Waals surface area contributed by atoms with Gasteiger partial charge in [-0.3, -0.25) is 14.6 Å². The van der Waals surface area contributed by atoms with Gasteiger partial charge in [-0.1, -0.05) is 44.2 Å². The van der Waals surface area contributed by atoms with Crippen molar-refractivity contribution in [1.29, 1.82) is 0 Å². The van der Waals surface area contributed by atoms with E-state index in [1.54, 1.807) is 24.4 Å². The molecule has 202 valence electrons. The zero-order valence-corrected chi connectivity index (χ0v) is 22.3. The van der Waals surface area contributed by atoms with E-state index in [4.69, 9.17) is 0 Å². The summed E-state index contributed by atoms with van der Waals surface area (Å²) in [6.07, 6.45) is 3.10. The topological polar surface area (TPSA) is 142 Å². The molecule has 3 heterocycles. The molecule has 3 N–H and O–H groups in total. The van der Waals surface area contributed by atoms with Gasteiger partial charge < -0.3 is 15.7 Å². The van der Waals surface area contributed by atoms with Gasteiger partial charge in [0.05, 0.1) is 12.1 Å².